The first-order valence-corrected chi connectivity index (χ1v) is 9.18. The maximum absolute atomic E-state index is 11.5. The van der Waals surface area contributed by atoms with Gasteiger partial charge < -0.3 is 14.1 Å². The molecule has 1 aromatic carbocycles. The molecule has 6 nitrogen and oxygen atoms in total. The molecule has 136 valence electrons. The van der Waals surface area contributed by atoms with Gasteiger partial charge in [-0.25, -0.2) is 0 Å². The van der Waals surface area contributed by atoms with E-state index in [9.17, 15) is 9.90 Å². The molecule has 7 heteroatoms. The lowest BCUT2D eigenvalue weighted by Gasteiger charge is -2.19. The third kappa shape index (κ3) is 3.83. The van der Waals surface area contributed by atoms with Crippen molar-refractivity contribution in [2.45, 2.75) is 37.1 Å². The highest BCUT2D eigenvalue weighted by molar-refractivity contribution is 7.98. The molecule has 2 heterocycles. The van der Waals surface area contributed by atoms with Gasteiger partial charge in [0.15, 0.2) is 16.7 Å². The molecule has 0 fully saturated rings. The molecule has 0 saturated carbocycles. The van der Waals surface area contributed by atoms with Gasteiger partial charge in [-0.15, -0.1) is 10.2 Å². The van der Waals surface area contributed by atoms with E-state index in [0.29, 0.717) is 11.5 Å². The lowest BCUT2D eigenvalue weighted by Crippen LogP contribution is -2.10. The van der Waals surface area contributed by atoms with Crippen LogP contribution in [0.25, 0.3) is 11.4 Å². The average molecular weight is 371 g/mol. The van der Waals surface area contributed by atoms with Gasteiger partial charge in [-0.2, -0.15) is 0 Å². The number of hydrogen-bond acceptors (Lipinski definition) is 6. The van der Waals surface area contributed by atoms with E-state index in [1.807, 2.05) is 11.6 Å². The first kappa shape index (κ1) is 18.3. The van der Waals surface area contributed by atoms with E-state index in [1.54, 1.807) is 0 Å². The van der Waals surface area contributed by atoms with Gasteiger partial charge in [0.1, 0.15) is 12.0 Å². The second-order valence-corrected chi connectivity index (χ2v) is 8.02. The molecule has 0 amide bonds. The van der Waals surface area contributed by atoms with Crippen molar-refractivity contribution in [3.05, 3.63) is 58.1 Å². The zero-order valence-corrected chi connectivity index (χ0v) is 16.0. The molecular weight excluding hydrogens is 350 g/mol. The first-order valence-electron chi connectivity index (χ1n) is 8.19. The van der Waals surface area contributed by atoms with E-state index in [-0.39, 0.29) is 5.41 Å². The third-order valence-corrected chi connectivity index (χ3v) is 5.10. The molecule has 0 radical (unpaired) electrons. The SMILES string of the molecule is Cn1c(SCc2cc(=O)c(O)co2)nnc1-c1ccc(C(C)(C)C)cc1. The maximum Gasteiger partial charge on any atom is 0.226 e. The summed E-state index contributed by atoms with van der Waals surface area (Å²) in [5.41, 5.74) is 1.91. The summed E-state index contributed by atoms with van der Waals surface area (Å²) in [6.07, 6.45) is 1.05. The summed E-state index contributed by atoms with van der Waals surface area (Å²) >= 11 is 1.41. The Morgan fingerprint density at radius 3 is 2.50 bits per heavy atom. The molecule has 2 aromatic heterocycles. The van der Waals surface area contributed by atoms with Crippen LogP contribution in [-0.2, 0) is 18.2 Å². The smallest absolute Gasteiger partial charge is 0.226 e. The van der Waals surface area contributed by atoms with Crippen LogP contribution >= 0.6 is 11.8 Å². The van der Waals surface area contributed by atoms with Crippen molar-refractivity contribution in [1.29, 1.82) is 0 Å². The Labute approximate surface area is 155 Å². The molecule has 0 spiro atoms. The second-order valence-electron chi connectivity index (χ2n) is 7.08. The van der Waals surface area contributed by atoms with Crippen LogP contribution in [0.1, 0.15) is 32.1 Å². The van der Waals surface area contributed by atoms with Gasteiger partial charge in [-0.05, 0) is 11.0 Å². The number of aromatic hydroxyl groups is 1. The quantitative estimate of drug-likeness (QED) is 0.704. The molecule has 3 aromatic rings. The van der Waals surface area contributed by atoms with E-state index in [0.717, 1.165) is 22.8 Å². The molecule has 0 unspecified atom stereocenters. The van der Waals surface area contributed by atoms with Gasteiger partial charge in [-0.1, -0.05) is 56.8 Å². The fourth-order valence-electron chi connectivity index (χ4n) is 2.47. The topological polar surface area (TPSA) is 81.2 Å². The summed E-state index contributed by atoms with van der Waals surface area (Å²) in [5.74, 6) is 1.28. The zero-order chi connectivity index (χ0) is 18.9. The Bertz CT molecular complexity index is 969. The Balaban J connectivity index is 1.77. The number of nitrogens with zero attached hydrogens (tertiary/aromatic N) is 3. The molecule has 3 rings (SSSR count). The summed E-state index contributed by atoms with van der Waals surface area (Å²) in [5, 5.41) is 18.5. The highest BCUT2D eigenvalue weighted by atomic mass is 32.2. The van der Waals surface area contributed by atoms with Gasteiger partial charge in [0.25, 0.3) is 0 Å². The summed E-state index contributed by atoms with van der Waals surface area (Å²) in [7, 11) is 1.91. The van der Waals surface area contributed by atoms with Crippen molar-refractivity contribution in [1.82, 2.24) is 14.8 Å². The van der Waals surface area contributed by atoms with E-state index >= 15 is 0 Å². The van der Waals surface area contributed by atoms with Crippen LogP contribution in [0.15, 0.2) is 51.0 Å². The molecule has 0 aliphatic rings. The highest BCUT2D eigenvalue weighted by Gasteiger charge is 2.16. The molecule has 0 bridgehead atoms. The van der Waals surface area contributed by atoms with E-state index in [4.69, 9.17) is 4.42 Å². The van der Waals surface area contributed by atoms with Crippen molar-refractivity contribution >= 4 is 11.8 Å². The molecule has 0 aliphatic carbocycles. The Kier molecular flexibility index (Phi) is 4.91. The van der Waals surface area contributed by atoms with Crippen LogP contribution in [0.2, 0.25) is 0 Å². The minimum Gasteiger partial charge on any atom is -0.502 e. The van der Waals surface area contributed by atoms with Crippen molar-refractivity contribution in [2.24, 2.45) is 7.05 Å². The van der Waals surface area contributed by atoms with E-state index < -0.39 is 11.2 Å². The second kappa shape index (κ2) is 6.99. The predicted octanol–water partition coefficient (Wildman–Crippen LogP) is 3.73. The lowest BCUT2D eigenvalue weighted by atomic mass is 9.87. The molecular formula is C19H21N3O3S. The average Bonchev–Trinajstić information content (AvgIpc) is 2.96. The zero-order valence-electron chi connectivity index (χ0n) is 15.2. The minimum absolute atomic E-state index is 0.105. The van der Waals surface area contributed by atoms with Crippen molar-refractivity contribution in [3.8, 4) is 17.1 Å². The van der Waals surface area contributed by atoms with Crippen molar-refractivity contribution in [3.63, 3.8) is 0 Å². The maximum atomic E-state index is 11.5. The number of hydrogen-bond donors (Lipinski definition) is 1. The van der Waals surface area contributed by atoms with Crippen LogP contribution < -0.4 is 5.43 Å². The molecule has 1 N–H and O–H groups in total. The fourth-order valence-corrected chi connectivity index (χ4v) is 3.27. The normalized spacial score (nSPS) is 11.7. The Morgan fingerprint density at radius 2 is 1.88 bits per heavy atom. The minimum atomic E-state index is -0.454. The fraction of sp³-hybridized carbons (Fsp3) is 0.316. The highest BCUT2D eigenvalue weighted by Crippen LogP contribution is 2.28. The number of thioether (sulfide) groups is 1. The summed E-state index contributed by atoms with van der Waals surface area (Å²) in [6.45, 7) is 6.54. The van der Waals surface area contributed by atoms with Gasteiger partial charge in [0, 0.05) is 18.7 Å². The van der Waals surface area contributed by atoms with Gasteiger partial charge in [-0.3, -0.25) is 4.79 Å². The predicted molar refractivity (Wildman–Crippen MR) is 101 cm³/mol. The van der Waals surface area contributed by atoms with Crippen LogP contribution in [0, 0.1) is 0 Å². The largest absolute Gasteiger partial charge is 0.502 e. The number of rotatable bonds is 4. The third-order valence-electron chi connectivity index (χ3n) is 4.05. The van der Waals surface area contributed by atoms with Crippen LogP contribution in [-0.4, -0.2) is 19.9 Å². The summed E-state index contributed by atoms with van der Waals surface area (Å²) in [4.78, 5) is 11.5. The molecule has 0 aliphatic heterocycles. The van der Waals surface area contributed by atoms with Crippen molar-refractivity contribution in [2.75, 3.05) is 0 Å². The van der Waals surface area contributed by atoms with Gasteiger partial charge in [0.2, 0.25) is 5.43 Å². The van der Waals surface area contributed by atoms with E-state index in [1.165, 1.54) is 23.4 Å². The molecule has 0 atom stereocenters. The number of aromatic nitrogens is 3. The van der Waals surface area contributed by atoms with Gasteiger partial charge >= 0.3 is 0 Å². The molecule has 26 heavy (non-hydrogen) atoms. The van der Waals surface area contributed by atoms with Crippen LogP contribution in [0.3, 0.4) is 0 Å². The monoisotopic (exact) mass is 371 g/mol. The van der Waals surface area contributed by atoms with Crippen molar-refractivity contribution < 1.29 is 9.52 Å². The lowest BCUT2D eigenvalue weighted by molar-refractivity contribution is 0.419. The Morgan fingerprint density at radius 1 is 1.19 bits per heavy atom. The Hall–Kier alpha value is -2.54. The van der Waals surface area contributed by atoms with Crippen LogP contribution in [0.4, 0.5) is 0 Å². The van der Waals surface area contributed by atoms with Gasteiger partial charge in [0.05, 0.1) is 5.75 Å². The summed E-state index contributed by atoms with van der Waals surface area (Å²) in [6, 6.07) is 9.62. The van der Waals surface area contributed by atoms with Crippen LogP contribution in [0.5, 0.6) is 5.75 Å². The first-order chi connectivity index (χ1) is 12.3. The standard InChI is InChI=1S/C19H21N3O3S/c1-19(2,3)13-7-5-12(6-8-13)17-20-21-18(22(17)4)26-11-14-9-15(23)16(24)10-25-14/h5-10,24H,11H2,1-4H3. The van der Waals surface area contributed by atoms with E-state index in [2.05, 4.69) is 55.2 Å². The number of benzene rings is 1. The molecule has 0 saturated heterocycles. The summed E-state index contributed by atoms with van der Waals surface area (Å²) < 4.78 is 7.12.